The summed E-state index contributed by atoms with van der Waals surface area (Å²) in [7, 11) is -0.153. The van der Waals surface area contributed by atoms with Gasteiger partial charge in [-0.15, -0.1) is 0 Å². The van der Waals surface area contributed by atoms with E-state index in [4.69, 9.17) is 9.16 Å². The summed E-state index contributed by atoms with van der Waals surface area (Å²) in [6.45, 7) is 7.68. The van der Waals surface area contributed by atoms with E-state index in [-0.39, 0.29) is 6.61 Å². The van der Waals surface area contributed by atoms with E-state index in [9.17, 15) is 4.79 Å². The first-order chi connectivity index (χ1) is 8.64. The first-order valence-corrected chi connectivity index (χ1v) is 9.16. The van der Waals surface area contributed by atoms with E-state index in [1.165, 1.54) is 25.2 Å². The van der Waals surface area contributed by atoms with Crippen LogP contribution in [0.2, 0.25) is 18.1 Å². The molecule has 0 amide bonds. The number of carbonyl (C=O) groups excluding carboxylic acids is 1. The molecule has 0 atom stereocenters. The molecule has 0 unspecified atom stereocenters. The molecule has 0 aromatic heterocycles. The predicted octanol–water partition coefficient (Wildman–Crippen LogP) is 3.74. The summed E-state index contributed by atoms with van der Waals surface area (Å²) in [6.07, 6.45) is 4.00. The molecule has 0 rings (SSSR count). The highest BCUT2D eigenvalue weighted by atomic mass is 28.4. The van der Waals surface area contributed by atoms with Crippen molar-refractivity contribution in [2.75, 3.05) is 20.3 Å². The highest BCUT2D eigenvalue weighted by Crippen LogP contribution is 2.21. The van der Waals surface area contributed by atoms with Gasteiger partial charge < -0.3 is 13.9 Å². The molecule has 5 heteroatoms. The molecular weight excluding hydrogens is 248 g/mol. The molecule has 0 fully saturated rings. The van der Waals surface area contributed by atoms with Crippen LogP contribution in [-0.2, 0) is 13.9 Å². The highest BCUT2D eigenvalue weighted by molar-refractivity contribution is 6.73. The Kier molecular flexibility index (Phi) is 9.68. The molecule has 0 saturated heterocycles. The molecule has 0 spiro atoms. The first-order valence-electron chi connectivity index (χ1n) is 6.63. The lowest BCUT2D eigenvalue weighted by Gasteiger charge is -2.27. The number of hydrogen-bond donors (Lipinski definition) is 0. The third-order valence-electron chi connectivity index (χ3n) is 3.26. The van der Waals surface area contributed by atoms with E-state index < -0.39 is 14.5 Å². The molecule has 0 bridgehead atoms. The Bertz CT molecular complexity index is 241. The van der Waals surface area contributed by atoms with Crippen molar-refractivity contribution < 1.29 is 18.7 Å². The molecule has 0 aromatic carbocycles. The van der Waals surface area contributed by atoms with Gasteiger partial charge in [0.05, 0.1) is 7.11 Å². The van der Waals surface area contributed by atoms with Crippen LogP contribution >= 0.6 is 0 Å². The lowest BCUT2D eigenvalue weighted by Crippen LogP contribution is -2.35. The third-order valence-corrected chi connectivity index (χ3v) is 7.94. The molecule has 0 radical (unpaired) electrons. The van der Waals surface area contributed by atoms with Crippen molar-refractivity contribution in [1.29, 1.82) is 0 Å². The van der Waals surface area contributed by atoms with Crippen molar-refractivity contribution in [1.82, 2.24) is 0 Å². The Morgan fingerprint density at radius 3 is 2.22 bits per heavy atom. The van der Waals surface area contributed by atoms with Crippen LogP contribution in [-0.4, -0.2) is 34.8 Å². The van der Waals surface area contributed by atoms with E-state index >= 15 is 0 Å². The summed E-state index contributed by atoms with van der Waals surface area (Å²) in [5.41, 5.74) is 0. The lowest BCUT2D eigenvalue weighted by atomic mass is 10.4. The van der Waals surface area contributed by atoms with Crippen molar-refractivity contribution >= 4 is 14.5 Å². The molecule has 0 saturated carbocycles. The van der Waals surface area contributed by atoms with Crippen LogP contribution < -0.4 is 0 Å². The van der Waals surface area contributed by atoms with Crippen LogP contribution in [0.3, 0.4) is 0 Å². The van der Waals surface area contributed by atoms with Crippen molar-refractivity contribution in [3.63, 3.8) is 0 Å². The maximum Gasteiger partial charge on any atom is 0.508 e. The fourth-order valence-electron chi connectivity index (χ4n) is 1.76. The fraction of sp³-hybridized carbons (Fsp3) is 0.769. The molecule has 0 aliphatic carbocycles. The molecule has 0 aliphatic rings. The lowest BCUT2D eigenvalue weighted by molar-refractivity contribution is 0.0817. The minimum absolute atomic E-state index is 0.255. The molecule has 0 aliphatic heterocycles. The number of ether oxygens (including phenoxy) is 2. The van der Waals surface area contributed by atoms with E-state index in [2.05, 4.69) is 25.5 Å². The summed E-state index contributed by atoms with van der Waals surface area (Å²) in [5.74, 6) is 0. The van der Waals surface area contributed by atoms with Gasteiger partial charge >= 0.3 is 6.16 Å². The van der Waals surface area contributed by atoms with Gasteiger partial charge in [-0.25, -0.2) is 4.79 Å². The molecule has 0 N–H and O–H groups in total. The van der Waals surface area contributed by atoms with E-state index in [0.29, 0.717) is 0 Å². The molecule has 4 nitrogen and oxygen atoms in total. The fourth-order valence-corrected chi connectivity index (χ4v) is 4.42. The van der Waals surface area contributed by atoms with E-state index in [1.54, 1.807) is 0 Å². The number of hydrogen-bond acceptors (Lipinski definition) is 4. The molecule has 18 heavy (non-hydrogen) atoms. The zero-order valence-corrected chi connectivity index (χ0v) is 13.0. The second-order valence-electron chi connectivity index (χ2n) is 4.12. The van der Waals surface area contributed by atoms with Crippen LogP contribution in [0.1, 0.15) is 27.2 Å². The first kappa shape index (κ1) is 17.2. The largest absolute Gasteiger partial charge is 0.508 e. The Morgan fingerprint density at radius 1 is 1.11 bits per heavy atom. The maximum atomic E-state index is 10.7. The van der Waals surface area contributed by atoms with Crippen LogP contribution in [0.5, 0.6) is 0 Å². The smallest absolute Gasteiger partial charge is 0.438 e. The predicted molar refractivity (Wildman–Crippen MR) is 75.3 cm³/mol. The highest BCUT2D eigenvalue weighted by Gasteiger charge is 2.27. The van der Waals surface area contributed by atoms with Gasteiger partial charge in [-0.05, 0) is 24.6 Å². The normalized spacial score (nSPS) is 11.8. The van der Waals surface area contributed by atoms with Gasteiger partial charge in [0.25, 0.3) is 0 Å². The minimum atomic E-state index is -1.45. The standard InChI is InChI=1S/C13H26O4Si/c1-5-18(6-2,7-3)17-12-10-8-9-11-16-13(14)15-4/h8-9H,5-7,10-12H2,1-4H3/b9-8+. The molecule has 106 valence electrons. The monoisotopic (exact) mass is 274 g/mol. The molecular formula is C13H26O4Si. The number of methoxy groups -OCH3 is 1. The van der Waals surface area contributed by atoms with Crippen molar-refractivity contribution in [2.45, 2.75) is 45.3 Å². The second-order valence-corrected chi connectivity index (χ2v) is 8.89. The Balaban J connectivity index is 3.72. The summed E-state index contributed by atoms with van der Waals surface area (Å²) in [5, 5.41) is 0. The van der Waals surface area contributed by atoms with Crippen molar-refractivity contribution in [3.8, 4) is 0 Å². The van der Waals surface area contributed by atoms with Gasteiger partial charge in [0.1, 0.15) is 6.61 Å². The summed E-state index contributed by atoms with van der Waals surface area (Å²) < 4.78 is 15.2. The van der Waals surface area contributed by atoms with Crippen LogP contribution in [0.15, 0.2) is 12.2 Å². The third kappa shape index (κ3) is 6.81. The van der Waals surface area contributed by atoms with Gasteiger partial charge in [-0.2, -0.15) is 0 Å². The van der Waals surface area contributed by atoms with Gasteiger partial charge in [-0.3, -0.25) is 0 Å². The van der Waals surface area contributed by atoms with E-state index in [0.717, 1.165) is 13.0 Å². The Morgan fingerprint density at radius 2 is 1.72 bits per heavy atom. The zero-order chi connectivity index (χ0) is 13.9. The summed E-state index contributed by atoms with van der Waals surface area (Å²) >= 11 is 0. The number of carbonyl (C=O) groups is 1. The van der Waals surface area contributed by atoms with Crippen molar-refractivity contribution in [3.05, 3.63) is 12.2 Å². The maximum absolute atomic E-state index is 10.7. The summed E-state index contributed by atoms with van der Waals surface area (Å²) in [6, 6.07) is 3.53. The summed E-state index contributed by atoms with van der Waals surface area (Å²) in [4.78, 5) is 10.7. The SMILES string of the molecule is CC[Si](CC)(CC)OCC/C=C/COC(=O)OC. The van der Waals surface area contributed by atoms with Gasteiger partial charge in [0, 0.05) is 6.61 Å². The van der Waals surface area contributed by atoms with E-state index in [1.807, 2.05) is 12.2 Å². The second kappa shape index (κ2) is 10.1. The van der Waals surface area contributed by atoms with Gasteiger partial charge in [0.2, 0.25) is 0 Å². The van der Waals surface area contributed by atoms with Crippen molar-refractivity contribution in [2.24, 2.45) is 0 Å². The Labute approximate surface area is 111 Å². The number of rotatable bonds is 9. The quantitative estimate of drug-likeness (QED) is 0.278. The van der Waals surface area contributed by atoms with Gasteiger partial charge in [-0.1, -0.05) is 32.9 Å². The average molecular weight is 274 g/mol. The topological polar surface area (TPSA) is 44.8 Å². The van der Waals surface area contributed by atoms with Crippen LogP contribution in [0.4, 0.5) is 4.79 Å². The Hall–Kier alpha value is -0.813. The van der Waals surface area contributed by atoms with Crippen LogP contribution in [0, 0.1) is 0 Å². The zero-order valence-electron chi connectivity index (χ0n) is 12.0. The van der Waals surface area contributed by atoms with Crippen LogP contribution in [0.25, 0.3) is 0 Å². The average Bonchev–Trinajstić information content (AvgIpc) is 2.42. The van der Waals surface area contributed by atoms with Gasteiger partial charge in [0.15, 0.2) is 8.32 Å². The minimum Gasteiger partial charge on any atom is -0.438 e. The molecule has 0 heterocycles. The molecule has 0 aromatic rings.